The van der Waals surface area contributed by atoms with Gasteiger partial charge in [-0.1, -0.05) is 0 Å². The minimum atomic E-state index is -1.17. The Kier molecular flexibility index (Phi) is 2.82. The van der Waals surface area contributed by atoms with Crippen molar-refractivity contribution in [3.05, 3.63) is 17.8 Å². The Bertz CT molecular complexity index is 268. The van der Waals surface area contributed by atoms with Gasteiger partial charge >= 0.3 is 11.9 Å². The van der Waals surface area contributed by atoms with Gasteiger partial charge in [0.25, 0.3) is 0 Å². The molecule has 0 unspecified atom stereocenters. The Morgan fingerprint density at radius 3 is 3.08 bits per heavy atom. The van der Waals surface area contributed by atoms with Gasteiger partial charge in [-0.3, -0.25) is 0 Å². The van der Waals surface area contributed by atoms with Gasteiger partial charge in [0.2, 0.25) is 0 Å². The molecule has 0 aromatic carbocycles. The number of carboxylic acid groups (broad SMARTS) is 1. The van der Waals surface area contributed by atoms with Crippen LogP contribution in [0.4, 0.5) is 0 Å². The van der Waals surface area contributed by atoms with Gasteiger partial charge in [-0.25, -0.2) is 9.78 Å². The van der Waals surface area contributed by atoms with E-state index in [0.717, 1.165) is 0 Å². The predicted octanol–water partition coefficient (Wildman–Crippen LogP) is 0.909. The van der Waals surface area contributed by atoms with Crippen LogP contribution in [-0.4, -0.2) is 22.7 Å². The molecule has 1 rings (SSSR count). The lowest BCUT2D eigenvalue weighted by Gasteiger charge is -1.93. The SMILES string of the molecule is CCOCc1cnc(C(=O)O)o1. The van der Waals surface area contributed by atoms with Gasteiger partial charge < -0.3 is 14.3 Å². The molecule has 5 nitrogen and oxygen atoms in total. The summed E-state index contributed by atoms with van der Waals surface area (Å²) in [6.07, 6.45) is 1.35. The summed E-state index contributed by atoms with van der Waals surface area (Å²) in [4.78, 5) is 13.8. The third kappa shape index (κ3) is 2.06. The van der Waals surface area contributed by atoms with Crippen LogP contribution in [-0.2, 0) is 11.3 Å². The van der Waals surface area contributed by atoms with E-state index in [1.54, 1.807) is 0 Å². The number of aromatic nitrogens is 1. The number of hydrogen-bond acceptors (Lipinski definition) is 4. The van der Waals surface area contributed by atoms with E-state index in [1.807, 2.05) is 6.92 Å². The monoisotopic (exact) mass is 171 g/mol. The molecule has 0 saturated heterocycles. The van der Waals surface area contributed by atoms with Crippen LogP contribution in [0.2, 0.25) is 0 Å². The Hall–Kier alpha value is -1.36. The summed E-state index contributed by atoms with van der Waals surface area (Å²) < 4.78 is 9.80. The van der Waals surface area contributed by atoms with Crippen molar-refractivity contribution in [1.82, 2.24) is 4.98 Å². The van der Waals surface area contributed by atoms with Crippen molar-refractivity contribution in [2.24, 2.45) is 0 Å². The van der Waals surface area contributed by atoms with Gasteiger partial charge in [-0.15, -0.1) is 0 Å². The number of carbonyl (C=O) groups is 1. The molecule has 1 aromatic heterocycles. The van der Waals surface area contributed by atoms with Crippen molar-refractivity contribution < 1.29 is 19.1 Å². The molecule has 0 fully saturated rings. The maximum absolute atomic E-state index is 10.3. The van der Waals surface area contributed by atoms with Gasteiger partial charge in [0, 0.05) is 6.61 Å². The van der Waals surface area contributed by atoms with Crippen LogP contribution in [0.1, 0.15) is 23.4 Å². The van der Waals surface area contributed by atoms with Gasteiger partial charge in [-0.2, -0.15) is 0 Å². The van der Waals surface area contributed by atoms with Crippen LogP contribution in [0.5, 0.6) is 0 Å². The van der Waals surface area contributed by atoms with Crippen LogP contribution in [0, 0.1) is 0 Å². The van der Waals surface area contributed by atoms with Crippen molar-refractivity contribution in [1.29, 1.82) is 0 Å². The fraction of sp³-hybridized carbons (Fsp3) is 0.429. The summed E-state index contributed by atoms with van der Waals surface area (Å²) >= 11 is 0. The minimum absolute atomic E-state index is 0.261. The second-order valence-electron chi connectivity index (χ2n) is 2.07. The lowest BCUT2D eigenvalue weighted by molar-refractivity contribution is 0.0641. The first kappa shape index (κ1) is 8.73. The largest absolute Gasteiger partial charge is 0.474 e. The molecule has 0 amide bonds. The first-order valence-electron chi connectivity index (χ1n) is 3.49. The molecule has 1 aromatic rings. The molecular weight excluding hydrogens is 162 g/mol. The zero-order valence-corrected chi connectivity index (χ0v) is 6.61. The third-order valence-corrected chi connectivity index (χ3v) is 1.18. The van der Waals surface area contributed by atoms with Gasteiger partial charge in [0.1, 0.15) is 6.61 Å². The van der Waals surface area contributed by atoms with E-state index in [1.165, 1.54) is 6.20 Å². The van der Waals surface area contributed by atoms with Gasteiger partial charge in [0.05, 0.1) is 6.20 Å². The van der Waals surface area contributed by atoms with Crippen molar-refractivity contribution in [2.45, 2.75) is 13.5 Å². The first-order valence-corrected chi connectivity index (χ1v) is 3.49. The number of oxazole rings is 1. The zero-order valence-electron chi connectivity index (χ0n) is 6.61. The summed E-state index contributed by atoms with van der Waals surface area (Å²) in [6.45, 7) is 2.66. The molecule has 0 aliphatic rings. The molecule has 0 saturated carbocycles. The summed E-state index contributed by atoms with van der Waals surface area (Å²) in [6, 6.07) is 0. The number of hydrogen-bond donors (Lipinski definition) is 1. The molecule has 12 heavy (non-hydrogen) atoms. The molecular formula is C7H9NO4. The van der Waals surface area contributed by atoms with Crippen molar-refractivity contribution in [2.75, 3.05) is 6.61 Å². The van der Waals surface area contributed by atoms with E-state index >= 15 is 0 Å². The second kappa shape index (κ2) is 3.87. The molecule has 0 bridgehead atoms. The van der Waals surface area contributed by atoms with Crippen molar-refractivity contribution >= 4 is 5.97 Å². The maximum Gasteiger partial charge on any atom is 0.392 e. The number of nitrogens with zero attached hydrogens (tertiary/aromatic N) is 1. The molecule has 0 aliphatic heterocycles. The highest BCUT2D eigenvalue weighted by Crippen LogP contribution is 2.04. The maximum atomic E-state index is 10.3. The molecule has 1 heterocycles. The van der Waals surface area contributed by atoms with Crippen LogP contribution < -0.4 is 0 Å². The quantitative estimate of drug-likeness (QED) is 0.728. The smallest absolute Gasteiger partial charge is 0.392 e. The standard InChI is InChI=1S/C7H9NO4/c1-2-11-4-5-3-8-6(12-5)7(9)10/h3H,2,4H2,1H3,(H,9,10). The van der Waals surface area contributed by atoms with E-state index < -0.39 is 5.97 Å². The fourth-order valence-electron chi connectivity index (χ4n) is 0.676. The molecule has 5 heteroatoms. The Morgan fingerprint density at radius 2 is 2.58 bits per heavy atom. The average molecular weight is 171 g/mol. The highest BCUT2D eigenvalue weighted by atomic mass is 16.5. The van der Waals surface area contributed by atoms with Crippen LogP contribution in [0.3, 0.4) is 0 Å². The molecule has 0 spiro atoms. The Balaban J connectivity index is 2.58. The van der Waals surface area contributed by atoms with E-state index in [9.17, 15) is 4.79 Å². The fourth-order valence-corrected chi connectivity index (χ4v) is 0.676. The number of ether oxygens (including phenoxy) is 1. The predicted molar refractivity (Wildman–Crippen MR) is 38.8 cm³/mol. The molecule has 0 aliphatic carbocycles. The number of rotatable bonds is 4. The van der Waals surface area contributed by atoms with Gasteiger partial charge in [-0.05, 0) is 6.92 Å². The van der Waals surface area contributed by atoms with Crippen LogP contribution in [0.15, 0.2) is 10.6 Å². The molecule has 66 valence electrons. The summed E-state index contributed by atoms with van der Waals surface area (Å²) in [5.41, 5.74) is 0. The third-order valence-electron chi connectivity index (χ3n) is 1.18. The Morgan fingerprint density at radius 1 is 1.83 bits per heavy atom. The van der Waals surface area contributed by atoms with E-state index in [0.29, 0.717) is 12.4 Å². The van der Waals surface area contributed by atoms with E-state index in [-0.39, 0.29) is 12.5 Å². The zero-order chi connectivity index (χ0) is 8.97. The van der Waals surface area contributed by atoms with E-state index in [2.05, 4.69) is 4.98 Å². The summed E-state index contributed by atoms with van der Waals surface area (Å²) in [5, 5.41) is 8.43. The topological polar surface area (TPSA) is 72.6 Å². The Labute approximate surface area is 69.0 Å². The number of carboxylic acids is 1. The normalized spacial score (nSPS) is 10.1. The summed E-state index contributed by atoms with van der Waals surface area (Å²) in [7, 11) is 0. The average Bonchev–Trinajstić information content (AvgIpc) is 2.48. The van der Waals surface area contributed by atoms with Gasteiger partial charge in [0.15, 0.2) is 5.76 Å². The highest BCUT2D eigenvalue weighted by molar-refractivity contribution is 5.81. The van der Waals surface area contributed by atoms with Crippen LogP contribution in [0.25, 0.3) is 0 Å². The first-order chi connectivity index (χ1) is 5.74. The molecule has 0 radical (unpaired) electrons. The molecule has 0 atom stereocenters. The van der Waals surface area contributed by atoms with Crippen LogP contribution >= 0.6 is 0 Å². The minimum Gasteiger partial charge on any atom is -0.474 e. The lowest BCUT2D eigenvalue weighted by Crippen LogP contribution is -1.95. The van der Waals surface area contributed by atoms with Crippen molar-refractivity contribution in [3.8, 4) is 0 Å². The molecule has 1 N–H and O–H groups in total. The van der Waals surface area contributed by atoms with E-state index in [4.69, 9.17) is 14.3 Å². The lowest BCUT2D eigenvalue weighted by atomic mass is 10.5. The number of aromatic carboxylic acids is 1. The summed E-state index contributed by atoms with van der Waals surface area (Å²) in [5.74, 6) is -1.04. The second-order valence-corrected chi connectivity index (χ2v) is 2.07. The highest BCUT2D eigenvalue weighted by Gasteiger charge is 2.10. The van der Waals surface area contributed by atoms with Crippen molar-refractivity contribution in [3.63, 3.8) is 0 Å².